The Kier molecular flexibility index (Phi) is 7.85. The van der Waals surface area contributed by atoms with Crippen LogP contribution in [0.3, 0.4) is 0 Å². The lowest BCUT2D eigenvalue weighted by molar-refractivity contribution is 0.0520. The van der Waals surface area contributed by atoms with Crippen molar-refractivity contribution in [2.24, 2.45) is 0 Å². The number of ether oxygens (including phenoxy) is 2. The summed E-state index contributed by atoms with van der Waals surface area (Å²) in [6.45, 7) is 5.75. The van der Waals surface area contributed by atoms with E-state index < -0.39 is 11.7 Å². The van der Waals surface area contributed by atoms with Crippen molar-refractivity contribution in [2.75, 3.05) is 5.32 Å². The number of alkyl carbamates (subject to hydrolysis) is 1. The van der Waals surface area contributed by atoms with Crippen LogP contribution in [0, 0.1) is 5.82 Å². The molecule has 0 aliphatic heterocycles. The van der Waals surface area contributed by atoms with Gasteiger partial charge in [-0.2, -0.15) is 0 Å². The van der Waals surface area contributed by atoms with Crippen molar-refractivity contribution in [3.63, 3.8) is 0 Å². The molecule has 3 aromatic heterocycles. The minimum atomic E-state index is -0.586. The topological polar surface area (TPSA) is 111 Å². The van der Waals surface area contributed by atoms with Crippen molar-refractivity contribution in [3.05, 3.63) is 83.1 Å². The van der Waals surface area contributed by atoms with E-state index in [9.17, 15) is 9.18 Å². The van der Waals surface area contributed by atoms with Crippen molar-refractivity contribution in [3.8, 4) is 16.5 Å². The number of nitrogens with zero attached hydrogens (tertiary/aromatic N) is 3. The number of hydrogen-bond acceptors (Lipinski definition) is 9. The molecule has 0 aliphatic carbocycles. The van der Waals surface area contributed by atoms with Crippen molar-refractivity contribution < 1.29 is 23.1 Å². The number of aromatic nitrogens is 3. The molecule has 0 bridgehead atoms. The molecule has 0 radical (unpaired) electrons. The van der Waals surface area contributed by atoms with Gasteiger partial charge < -0.3 is 24.5 Å². The van der Waals surface area contributed by atoms with Crippen molar-refractivity contribution in [1.82, 2.24) is 20.3 Å². The number of furan rings is 1. The summed E-state index contributed by atoms with van der Waals surface area (Å²) in [5.41, 5.74) is 1.35. The first-order chi connectivity index (χ1) is 19.1. The number of halogens is 2. The minimum absolute atomic E-state index is 0.176. The van der Waals surface area contributed by atoms with E-state index in [4.69, 9.17) is 25.5 Å². The molecule has 5 rings (SSSR count). The summed E-state index contributed by atoms with van der Waals surface area (Å²) in [5, 5.41) is 6.90. The van der Waals surface area contributed by atoms with E-state index >= 15 is 0 Å². The lowest BCUT2D eigenvalue weighted by Crippen LogP contribution is -2.32. The highest BCUT2D eigenvalue weighted by Crippen LogP contribution is 2.35. The van der Waals surface area contributed by atoms with E-state index in [1.54, 1.807) is 63.2 Å². The van der Waals surface area contributed by atoms with Crippen LogP contribution in [0.15, 0.2) is 65.3 Å². The monoisotopic (exact) mass is 581 g/mol. The Morgan fingerprint density at radius 3 is 2.75 bits per heavy atom. The summed E-state index contributed by atoms with van der Waals surface area (Å²) in [6, 6.07) is 15.0. The zero-order valence-electron chi connectivity index (χ0n) is 21.8. The van der Waals surface area contributed by atoms with Crippen molar-refractivity contribution in [2.45, 2.75) is 39.5 Å². The molecule has 0 saturated heterocycles. The Bertz CT molecular complexity index is 1670. The molecule has 9 nitrogen and oxygen atoms in total. The van der Waals surface area contributed by atoms with Gasteiger partial charge in [0.25, 0.3) is 0 Å². The molecule has 0 spiro atoms. The van der Waals surface area contributed by atoms with Gasteiger partial charge in [0.1, 0.15) is 46.2 Å². The summed E-state index contributed by atoms with van der Waals surface area (Å²) < 4.78 is 30.3. The Morgan fingerprint density at radius 2 is 1.98 bits per heavy atom. The van der Waals surface area contributed by atoms with Gasteiger partial charge in [-0.25, -0.2) is 24.1 Å². The third-order valence-corrected chi connectivity index (χ3v) is 6.62. The van der Waals surface area contributed by atoms with Crippen LogP contribution in [0.4, 0.5) is 20.7 Å². The fourth-order valence-corrected chi connectivity index (χ4v) is 4.74. The maximum absolute atomic E-state index is 13.4. The molecule has 12 heteroatoms. The second-order valence-electron chi connectivity index (χ2n) is 9.71. The Labute approximate surface area is 238 Å². The molecular formula is C28H25ClFN5O4S. The highest BCUT2D eigenvalue weighted by atomic mass is 35.5. The summed E-state index contributed by atoms with van der Waals surface area (Å²) >= 11 is 7.79. The molecule has 0 saturated carbocycles. The van der Waals surface area contributed by atoms with E-state index in [0.717, 1.165) is 0 Å². The molecule has 2 N–H and O–H groups in total. The standard InChI is InChI=1S/C28H25ClFN5O4S/c1-28(2,3)39-27(36)31-13-19-8-10-22(38-19)25-35-23-24(32-15-33-26(23)40-25)34-18-7-9-21(20(29)12-18)37-14-16-5-4-6-17(30)11-16/h4-12,15H,13-14H2,1-3H3,(H,31,36)(H,32,33,34). The Hall–Kier alpha value is -4.22. The molecular weight excluding hydrogens is 557 g/mol. The molecule has 0 fully saturated rings. The summed E-state index contributed by atoms with van der Waals surface area (Å²) in [4.78, 5) is 26.0. The third kappa shape index (κ3) is 6.85. The quantitative estimate of drug-likeness (QED) is 0.194. The number of thiazole rings is 1. The zero-order chi connectivity index (χ0) is 28.3. The highest BCUT2D eigenvalue weighted by molar-refractivity contribution is 7.21. The number of amides is 1. The number of carbonyl (C=O) groups excluding carboxylic acids is 1. The zero-order valence-corrected chi connectivity index (χ0v) is 23.4. The van der Waals surface area contributed by atoms with Gasteiger partial charge in [0, 0.05) is 5.69 Å². The fourth-order valence-electron chi connectivity index (χ4n) is 3.63. The highest BCUT2D eigenvalue weighted by Gasteiger charge is 2.18. The summed E-state index contributed by atoms with van der Waals surface area (Å²) in [7, 11) is 0. The molecule has 2 aromatic carbocycles. The maximum Gasteiger partial charge on any atom is 0.408 e. The van der Waals surface area contributed by atoms with Gasteiger partial charge in [-0.3, -0.25) is 0 Å². The smallest absolute Gasteiger partial charge is 0.408 e. The first kappa shape index (κ1) is 27.4. The van der Waals surface area contributed by atoms with Gasteiger partial charge >= 0.3 is 6.09 Å². The number of anilines is 2. The molecule has 206 valence electrons. The van der Waals surface area contributed by atoms with Gasteiger partial charge in [0.2, 0.25) is 0 Å². The maximum atomic E-state index is 13.4. The van der Waals surface area contributed by atoms with Crippen LogP contribution in [0.25, 0.3) is 21.1 Å². The second-order valence-corrected chi connectivity index (χ2v) is 11.1. The van der Waals surface area contributed by atoms with Crippen LogP contribution in [0.1, 0.15) is 32.1 Å². The van der Waals surface area contributed by atoms with Crippen LogP contribution < -0.4 is 15.4 Å². The summed E-state index contributed by atoms with van der Waals surface area (Å²) in [6.07, 6.45) is 0.922. The van der Waals surface area contributed by atoms with E-state index in [1.165, 1.54) is 29.8 Å². The normalized spacial score (nSPS) is 11.4. The lowest BCUT2D eigenvalue weighted by Gasteiger charge is -2.19. The third-order valence-electron chi connectivity index (χ3n) is 5.35. The number of fused-ring (bicyclic) bond motifs is 1. The largest absolute Gasteiger partial charge is 0.487 e. The van der Waals surface area contributed by atoms with Gasteiger partial charge in [0.05, 0.1) is 11.6 Å². The second kappa shape index (κ2) is 11.5. The van der Waals surface area contributed by atoms with Gasteiger partial charge in [-0.1, -0.05) is 35.1 Å². The summed E-state index contributed by atoms with van der Waals surface area (Å²) in [5.74, 6) is 1.73. The van der Waals surface area contributed by atoms with Crippen molar-refractivity contribution >= 4 is 50.9 Å². The first-order valence-corrected chi connectivity index (χ1v) is 13.4. The van der Waals surface area contributed by atoms with Gasteiger partial charge in [-0.05, 0) is 68.8 Å². The van der Waals surface area contributed by atoms with E-state index in [1.807, 2.05) is 0 Å². The van der Waals surface area contributed by atoms with E-state index in [-0.39, 0.29) is 19.0 Å². The number of rotatable bonds is 8. The molecule has 0 unspecified atom stereocenters. The molecule has 0 aliphatic rings. The van der Waals surface area contributed by atoms with Crippen molar-refractivity contribution in [1.29, 1.82) is 0 Å². The molecule has 1 amide bonds. The van der Waals surface area contributed by atoms with Gasteiger partial charge in [0.15, 0.2) is 16.6 Å². The fraction of sp³-hybridized carbons (Fsp3) is 0.214. The Balaban J connectivity index is 1.27. The predicted octanol–water partition coefficient (Wildman–Crippen LogP) is 7.49. The molecule has 40 heavy (non-hydrogen) atoms. The number of hydrogen-bond donors (Lipinski definition) is 2. The lowest BCUT2D eigenvalue weighted by atomic mass is 10.2. The SMILES string of the molecule is CC(C)(C)OC(=O)NCc1ccc(-c2nc3c(Nc4ccc(OCc5cccc(F)c5)c(Cl)c4)ncnc3s2)o1. The minimum Gasteiger partial charge on any atom is -0.487 e. The van der Waals surface area contributed by atoms with E-state index in [0.29, 0.717) is 54.7 Å². The average molecular weight is 582 g/mol. The van der Waals surface area contributed by atoms with Crippen LogP contribution >= 0.6 is 22.9 Å². The first-order valence-electron chi connectivity index (χ1n) is 12.2. The molecule has 3 heterocycles. The predicted molar refractivity (Wildman–Crippen MR) is 151 cm³/mol. The number of carbonyl (C=O) groups is 1. The van der Waals surface area contributed by atoms with E-state index in [2.05, 4.69) is 25.6 Å². The number of benzene rings is 2. The Morgan fingerprint density at radius 1 is 1.12 bits per heavy atom. The average Bonchev–Trinajstić information content (AvgIpc) is 3.54. The van der Waals surface area contributed by atoms with Gasteiger partial charge in [-0.15, -0.1) is 0 Å². The van der Waals surface area contributed by atoms with Crippen LogP contribution in [-0.4, -0.2) is 26.6 Å². The van der Waals surface area contributed by atoms with Crippen LogP contribution in [-0.2, 0) is 17.9 Å². The van der Waals surface area contributed by atoms with Crippen LogP contribution in [0.2, 0.25) is 5.02 Å². The van der Waals surface area contributed by atoms with Crippen LogP contribution in [0.5, 0.6) is 5.75 Å². The molecule has 0 atom stereocenters. The number of nitrogens with one attached hydrogen (secondary N) is 2. The molecule has 5 aromatic rings.